The van der Waals surface area contributed by atoms with Crippen molar-refractivity contribution in [1.82, 2.24) is 10.2 Å². The van der Waals surface area contributed by atoms with E-state index in [4.69, 9.17) is 9.47 Å². The molecule has 0 saturated carbocycles. The van der Waals surface area contributed by atoms with E-state index in [1.165, 1.54) is 12.1 Å². The number of ether oxygens (including phenoxy) is 2. The van der Waals surface area contributed by atoms with Crippen molar-refractivity contribution >= 4 is 28.4 Å². The van der Waals surface area contributed by atoms with Gasteiger partial charge in [0.2, 0.25) is 5.91 Å². The number of hydrogen-bond donors (Lipinski definition) is 1. The van der Waals surface area contributed by atoms with Crippen LogP contribution in [0.5, 0.6) is 17.2 Å². The standard InChI is InChI=1S/C25H29F3N2O6S.ClH/c1-34-22-13-16-6-9-30(10-7-17(16)14-23(22)35-2)24(31)5-8-29-15-19-11-18-12-20(3-4-21(18)19)36-37(32,33)25(26,27)28;/h3-4,12-14,19,29H,5-11,15H2,1-2H3;1H. The fourth-order valence-corrected chi connectivity index (χ4v) is 5.19. The van der Waals surface area contributed by atoms with Gasteiger partial charge < -0.3 is 23.9 Å². The molecule has 8 nitrogen and oxygen atoms in total. The highest BCUT2D eigenvalue weighted by molar-refractivity contribution is 7.88. The van der Waals surface area contributed by atoms with E-state index in [1.54, 1.807) is 20.3 Å². The first-order chi connectivity index (χ1) is 17.5. The molecule has 210 valence electrons. The Balaban J connectivity index is 0.00000400. The van der Waals surface area contributed by atoms with E-state index in [2.05, 4.69) is 9.50 Å². The highest BCUT2D eigenvalue weighted by Gasteiger charge is 2.48. The zero-order valence-corrected chi connectivity index (χ0v) is 22.6. The normalized spacial score (nSPS) is 16.8. The quantitative estimate of drug-likeness (QED) is 0.276. The Morgan fingerprint density at radius 1 is 1.03 bits per heavy atom. The van der Waals surface area contributed by atoms with Gasteiger partial charge in [0, 0.05) is 38.5 Å². The summed E-state index contributed by atoms with van der Waals surface area (Å²) >= 11 is 0. The van der Waals surface area contributed by atoms with Crippen molar-refractivity contribution in [2.45, 2.75) is 37.1 Å². The lowest BCUT2D eigenvalue weighted by atomic mass is 9.77. The van der Waals surface area contributed by atoms with E-state index in [0.29, 0.717) is 50.5 Å². The molecule has 1 unspecified atom stereocenters. The predicted octanol–water partition coefficient (Wildman–Crippen LogP) is 3.60. The minimum absolute atomic E-state index is 0. The smallest absolute Gasteiger partial charge is 0.493 e. The first kappa shape index (κ1) is 29.9. The minimum Gasteiger partial charge on any atom is -0.493 e. The molecule has 13 heteroatoms. The number of carbonyl (C=O) groups excluding carboxylic acids is 1. The lowest BCUT2D eigenvalue weighted by molar-refractivity contribution is -0.131. The number of benzene rings is 2. The van der Waals surface area contributed by atoms with Crippen LogP contribution < -0.4 is 19.0 Å². The molecule has 2 aromatic carbocycles. The number of methoxy groups -OCH3 is 2. The molecular formula is C25H30ClF3N2O6S. The third-order valence-electron chi connectivity index (χ3n) is 6.78. The van der Waals surface area contributed by atoms with E-state index < -0.39 is 15.6 Å². The van der Waals surface area contributed by atoms with Gasteiger partial charge in [0.25, 0.3) is 0 Å². The van der Waals surface area contributed by atoms with Gasteiger partial charge in [-0.2, -0.15) is 21.6 Å². The molecule has 4 rings (SSSR count). The molecule has 1 heterocycles. The number of hydrogen-bond acceptors (Lipinski definition) is 7. The fourth-order valence-electron chi connectivity index (χ4n) is 4.74. The molecule has 0 bridgehead atoms. The monoisotopic (exact) mass is 578 g/mol. The van der Waals surface area contributed by atoms with E-state index in [1.807, 2.05) is 17.0 Å². The van der Waals surface area contributed by atoms with Crippen LogP contribution in [0.3, 0.4) is 0 Å². The topological polar surface area (TPSA) is 94.2 Å². The first-order valence-electron chi connectivity index (χ1n) is 11.9. The van der Waals surface area contributed by atoms with Gasteiger partial charge in [-0.25, -0.2) is 0 Å². The third kappa shape index (κ3) is 6.47. The van der Waals surface area contributed by atoms with Gasteiger partial charge in [-0.1, -0.05) is 6.07 Å². The van der Waals surface area contributed by atoms with Gasteiger partial charge >= 0.3 is 15.6 Å². The number of nitrogens with one attached hydrogen (secondary N) is 1. The molecule has 1 aliphatic carbocycles. The van der Waals surface area contributed by atoms with Gasteiger partial charge in [0.05, 0.1) is 14.2 Å². The molecule has 2 aliphatic rings. The number of carbonyl (C=O) groups is 1. The van der Waals surface area contributed by atoms with Crippen molar-refractivity contribution in [3.8, 4) is 17.2 Å². The largest absolute Gasteiger partial charge is 0.534 e. The predicted molar refractivity (Wildman–Crippen MR) is 137 cm³/mol. The van der Waals surface area contributed by atoms with Gasteiger partial charge in [-0.05, 0) is 65.8 Å². The summed E-state index contributed by atoms with van der Waals surface area (Å²) in [5, 5.41) is 3.28. The van der Waals surface area contributed by atoms with E-state index >= 15 is 0 Å². The van der Waals surface area contributed by atoms with Crippen LogP contribution in [0.1, 0.15) is 34.6 Å². The summed E-state index contributed by atoms with van der Waals surface area (Å²) in [5.41, 5.74) is -1.50. The molecule has 2 aromatic rings. The fraction of sp³-hybridized carbons (Fsp3) is 0.480. The molecule has 0 radical (unpaired) electrons. The van der Waals surface area contributed by atoms with Crippen LogP contribution in [0.25, 0.3) is 0 Å². The highest BCUT2D eigenvalue weighted by Crippen LogP contribution is 2.38. The third-order valence-corrected chi connectivity index (χ3v) is 7.76. The van der Waals surface area contributed by atoms with Crippen molar-refractivity contribution in [1.29, 1.82) is 0 Å². The average Bonchev–Trinajstić information content (AvgIpc) is 3.04. The van der Waals surface area contributed by atoms with Crippen LogP contribution in [0.15, 0.2) is 30.3 Å². The SMILES string of the molecule is COc1cc2c(cc1OC)CCN(C(=O)CCNCC1Cc3cc(OS(=O)(=O)C(F)(F)F)ccc31)CC2.Cl. The zero-order valence-electron chi connectivity index (χ0n) is 21.0. The second kappa shape index (κ2) is 12.0. The lowest BCUT2D eigenvalue weighted by Gasteiger charge is -2.31. The minimum atomic E-state index is -5.69. The second-order valence-corrected chi connectivity index (χ2v) is 10.6. The summed E-state index contributed by atoms with van der Waals surface area (Å²) in [6.45, 7) is 2.37. The Morgan fingerprint density at radius 2 is 1.63 bits per heavy atom. The maximum absolute atomic E-state index is 12.8. The summed E-state index contributed by atoms with van der Waals surface area (Å²) in [7, 11) is -2.49. The number of rotatable bonds is 9. The zero-order chi connectivity index (χ0) is 26.8. The molecule has 0 fully saturated rings. The Labute approximate surface area is 226 Å². The van der Waals surface area contributed by atoms with Crippen molar-refractivity contribution in [2.24, 2.45) is 0 Å². The second-order valence-electron chi connectivity index (χ2n) is 9.06. The summed E-state index contributed by atoms with van der Waals surface area (Å²) in [6, 6.07) is 8.08. The van der Waals surface area contributed by atoms with Crippen LogP contribution in [0, 0.1) is 0 Å². The molecular weight excluding hydrogens is 549 g/mol. The summed E-state index contributed by atoms with van der Waals surface area (Å²) in [5.74, 6) is 1.21. The molecule has 0 spiro atoms. The molecule has 0 saturated heterocycles. The molecule has 0 aromatic heterocycles. The van der Waals surface area contributed by atoms with E-state index in [-0.39, 0.29) is 30.0 Å². The number of amides is 1. The Bertz CT molecular complexity index is 1240. The Hall–Kier alpha value is -2.70. The average molecular weight is 579 g/mol. The Kier molecular flexibility index (Phi) is 9.43. The van der Waals surface area contributed by atoms with Gasteiger partial charge in [0.1, 0.15) is 5.75 Å². The van der Waals surface area contributed by atoms with Crippen molar-refractivity contribution in [2.75, 3.05) is 40.4 Å². The van der Waals surface area contributed by atoms with Crippen LogP contribution in [0.4, 0.5) is 13.2 Å². The molecule has 38 heavy (non-hydrogen) atoms. The maximum Gasteiger partial charge on any atom is 0.534 e. The van der Waals surface area contributed by atoms with Crippen LogP contribution >= 0.6 is 12.4 Å². The van der Waals surface area contributed by atoms with Crippen LogP contribution in [-0.2, 0) is 34.2 Å². The van der Waals surface area contributed by atoms with Crippen LogP contribution in [0.2, 0.25) is 0 Å². The number of nitrogens with zero attached hydrogens (tertiary/aromatic N) is 1. The number of fused-ring (bicyclic) bond motifs is 2. The number of halogens is 4. The molecule has 1 N–H and O–H groups in total. The maximum atomic E-state index is 12.8. The van der Waals surface area contributed by atoms with E-state index in [9.17, 15) is 26.4 Å². The molecule has 1 atom stereocenters. The Morgan fingerprint density at radius 3 is 2.16 bits per heavy atom. The van der Waals surface area contributed by atoms with E-state index in [0.717, 1.165) is 35.1 Å². The summed E-state index contributed by atoms with van der Waals surface area (Å²) < 4.78 is 74.8. The van der Waals surface area contributed by atoms with Crippen molar-refractivity contribution < 1.29 is 40.0 Å². The van der Waals surface area contributed by atoms with Gasteiger partial charge in [-0.15, -0.1) is 12.4 Å². The van der Waals surface area contributed by atoms with Crippen molar-refractivity contribution in [3.05, 3.63) is 52.6 Å². The summed E-state index contributed by atoms with van der Waals surface area (Å²) in [6.07, 6.45) is 2.41. The first-order valence-corrected chi connectivity index (χ1v) is 13.3. The van der Waals surface area contributed by atoms with Crippen LogP contribution in [-0.4, -0.2) is 65.1 Å². The van der Waals surface area contributed by atoms with Gasteiger partial charge in [-0.3, -0.25) is 4.79 Å². The lowest BCUT2D eigenvalue weighted by Crippen LogP contribution is -2.36. The molecule has 1 amide bonds. The number of alkyl halides is 3. The molecule has 1 aliphatic heterocycles. The highest BCUT2D eigenvalue weighted by atomic mass is 35.5. The van der Waals surface area contributed by atoms with Crippen molar-refractivity contribution in [3.63, 3.8) is 0 Å². The van der Waals surface area contributed by atoms with Gasteiger partial charge in [0.15, 0.2) is 11.5 Å². The summed E-state index contributed by atoms with van der Waals surface area (Å²) in [4.78, 5) is 14.7.